The molecule has 0 saturated heterocycles. The van der Waals surface area contributed by atoms with Gasteiger partial charge in [-0.05, 0) is 19.9 Å². The third-order valence-electron chi connectivity index (χ3n) is 1.46. The van der Waals surface area contributed by atoms with Gasteiger partial charge >= 0.3 is 5.97 Å². The van der Waals surface area contributed by atoms with Crippen molar-refractivity contribution in [2.45, 2.75) is 20.3 Å². The lowest BCUT2D eigenvalue weighted by Gasteiger charge is -2.01. The molecule has 0 saturated carbocycles. The Morgan fingerprint density at radius 1 is 1.62 bits per heavy atom. The van der Waals surface area contributed by atoms with E-state index in [0.717, 1.165) is 0 Å². The number of hydrogen-bond donors (Lipinski definition) is 0. The third kappa shape index (κ3) is 3.19. The summed E-state index contributed by atoms with van der Waals surface area (Å²) in [5, 5.41) is 0. The highest BCUT2D eigenvalue weighted by Gasteiger charge is 2.04. The molecule has 0 aliphatic carbocycles. The summed E-state index contributed by atoms with van der Waals surface area (Å²) in [6.07, 6.45) is 1.86. The molecule has 0 spiro atoms. The SMILES string of the molecule is CCOC(=O)Cc1ccnc(C)n1. The highest BCUT2D eigenvalue weighted by Crippen LogP contribution is 1.97. The van der Waals surface area contributed by atoms with Gasteiger partial charge in [0.1, 0.15) is 5.82 Å². The number of hydrogen-bond acceptors (Lipinski definition) is 4. The predicted molar refractivity (Wildman–Crippen MR) is 47.1 cm³/mol. The maximum absolute atomic E-state index is 11.0. The fourth-order valence-electron chi connectivity index (χ4n) is 0.963. The van der Waals surface area contributed by atoms with E-state index in [1.807, 2.05) is 0 Å². The number of aryl methyl sites for hydroxylation is 1. The molecule has 0 fully saturated rings. The summed E-state index contributed by atoms with van der Waals surface area (Å²) in [7, 11) is 0. The molecule has 13 heavy (non-hydrogen) atoms. The number of aromatic nitrogens is 2. The number of nitrogens with zero attached hydrogens (tertiary/aromatic N) is 2. The van der Waals surface area contributed by atoms with Crippen LogP contribution in [0.4, 0.5) is 0 Å². The van der Waals surface area contributed by atoms with Crippen molar-refractivity contribution in [3.63, 3.8) is 0 Å². The largest absolute Gasteiger partial charge is 0.466 e. The molecule has 4 heteroatoms. The van der Waals surface area contributed by atoms with Gasteiger partial charge in [-0.2, -0.15) is 0 Å². The molecular formula is C9H12N2O2. The number of rotatable bonds is 3. The van der Waals surface area contributed by atoms with Crippen molar-refractivity contribution >= 4 is 5.97 Å². The van der Waals surface area contributed by atoms with Crippen LogP contribution >= 0.6 is 0 Å². The average molecular weight is 180 g/mol. The molecule has 0 aliphatic rings. The van der Waals surface area contributed by atoms with Crippen LogP contribution in [0.1, 0.15) is 18.4 Å². The van der Waals surface area contributed by atoms with Crippen molar-refractivity contribution in [3.8, 4) is 0 Å². The van der Waals surface area contributed by atoms with Crippen LogP contribution in [0.15, 0.2) is 12.3 Å². The first-order valence-corrected chi connectivity index (χ1v) is 4.16. The Balaban J connectivity index is 2.58. The van der Waals surface area contributed by atoms with Gasteiger partial charge in [0.15, 0.2) is 0 Å². The Bertz CT molecular complexity index is 299. The van der Waals surface area contributed by atoms with E-state index in [0.29, 0.717) is 18.1 Å². The lowest BCUT2D eigenvalue weighted by atomic mass is 10.3. The number of esters is 1. The first-order valence-electron chi connectivity index (χ1n) is 4.16. The van der Waals surface area contributed by atoms with Crippen molar-refractivity contribution < 1.29 is 9.53 Å². The van der Waals surface area contributed by atoms with Crippen LogP contribution in [0, 0.1) is 6.92 Å². The first-order chi connectivity index (χ1) is 6.22. The summed E-state index contributed by atoms with van der Waals surface area (Å²) in [4.78, 5) is 19.1. The van der Waals surface area contributed by atoms with E-state index < -0.39 is 0 Å². The fraction of sp³-hybridized carbons (Fsp3) is 0.444. The van der Waals surface area contributed by atoms with E-state index in [1.165, 1.54) is 0 Å². The molecule has 1 rings (SSSR count). The van der Waals surface area contributed by atoms with Crippen LogP contribution in [0.5, 0.6) is 0 Å². The predicted octanol–water partition coefficient (Wildman–Crippen LogP) is 0.891. The van der Waals surface area contributed by atoms with E-state index in [-0.39, 0.29) is 12.4 Å². The topological polar surface area (TPSA) is 52.1 Å². The van der Waals surface area contributed by atoms with Crippen LogP contribution in [0.3, 0.4) is 0 Å². The fourth-order valence-corrected chi connectivity index (χ4v) is 0.963. The van der Waals surface area contributed by atoms with Crippen LogP contribution in [-0.4, -0.2) is 22.5 Å². The zero-order valence-electron chi connectivity index (χ0n) is 7.78. The second-order valence-corrected chi connectivity index (χ2v) is 2.58. The third-order valence-corrected chi connectivity index (χ3v) is 1.46. The molecule has 4 nitrogen and oxygen atoms in total. The minimum Gasteiger partial charge on any atom is -0.466 e. The average Bonchev–Trinajstić information content (AvgIpc) is 2.04. The Morgan fingerprint density at radius 3 is 3.00 bits per heavy atom. The minimum absolute atomic E-state index is 0.219. The van der Waals surface area contributed by atoms with Gasteiger partial charge in [0.2, 0.25) is 0 Å². The molecule has 0 atom stereocenters. The van der Waals surface area contributed by atoms with Crippen LogP contribution in [-0.2, 0) is 16.0 Å². The maximum Gasteiger partial charge on any atom is 0.311 e. The van der Waals surface area contributed by atoms with E-state index >= 15 is 0 Å². The summed E-state index contributed by atoms with van der Waals surface area (Å²) in [5.41, 5.74) is 0.700. The number of ether oxygens (including phenoxy) is 1. The van der Waals surface area contributed by atoms with Gasteiger partial charge in [-0.3, -0.25) is 4.79 Å². The molecule has 0 radical (unpaired) electrons. The van der Waals surface area contributed by atoms with Gasteiger partial charge in [-0.25, -0.2) is 9.97 Å². The highest BCUT2D eigenvalue weighted by atomic mass is 16.5. The van der Waals surface area contributed by atoms with E-state index in [1.54, 1.807) is 26.1 Å². The van der Waals surface area contributed by atoms with Crippen molar-refractivity contribution in [1.82, 2.24) is 9.97 Å². The second-order valence-electron chi connectivity index (χ2n) is 2.58. The number of carbonyl (C=O) groups is 1. The summed E-state index contributed by atoms with van der Waals surface area (Å²) >= 11 is 0. The smallest absolute Gasteiger partial charge is 0.311 e. The van der Waals surface area contributed by atoms with Crippen molar-refractivity contribution in [2.24, 2.45) is 0 Å². The second kappa shape index (κ2) is 4.54. The van der Waals surface area contributed by atoms with Crippen molar-refractivity contribution in [1.29, 1.82) is 0 Å². The van der Waals surface area contributed by atoms with Gasteiger partial charge in [0, 0.05) is 6.20 Å². The van der Waals surface area contributed by atoms with Gasteiger partial charge in [-0.15, -0.1) is 0 Å². The summed E-state index contributed by atoms with van der Waals surface area (Å²) in [5.74, 6) is 0.419. The number of carbonyl (C=O) groups excluding carboxylic acids is 1. The van der Waals surface area contributed by atoms with E-state index in [9.17, 15) is 4.79 Å². The molecule has 0 N–H and O–H groups in total. The van der Waals surface area contributed by atoms with Crippen LogP contribution < -0.4 is 0 Å². The zero-order chi connectivity index (χ0) is 9.68. The molecule has 0 aromatic carbocycles. The molecule has 1 heterocycles. The lowest BCUT2D eigenvalue weighted by Crippen LogP contribution is -2.09. The summed E-state index contributed by atoms with van der Waals surface area (Å²) in [6, 6.07) is 1.71. The zero-order valence-corrected chi connectivity index (χ0v) is 7.78. The Labute approximate surface area is 77.0 Å². The Morgan fingerprint density at radius 2 is 2.38 bits per heavy atom. The monoisotopic (exact) mass is 180 g/mol. The molecule has 1 aromatic rings. The van der Waals surface area contributed by atoms with Gasteiger partial charge in [-0.1, -0.05) is 0 Å². The normalized spacial score (nSPS) is 9.69. The van der Waals surface area contributed by atoms with Crippen molar-refractivity contribution in [2.75, 3.05) is 6.61 Å². The Kier molecular flexibility index (Phi) is 3.37. The summed E-state index contributed by atoms with van der Waals surface area (Å²) in [6.45, 7) is 3.97. The lowest BCUT2D eigenvalue weighted by molar-refractivity contribution is -0.142. The summed E-state index contributed by atoms with van der Waals surface area (Å²) < 4.78 is 4.79. The molecule has 0 bridgehead atoms. The molecule has 0 unspecified atom stereocenters. The van der Waals surface area contributed by atoms with Gasteiger partial charge < -0.3 is 4.74 Å². The standard InChI is InChI=1S/C9H12N2O2/c1-3-13-9(12)6-8-4-5-10-7(2)11-8/h4-5H,3,6H2,1-2H3. The quantitative estimate of drug-likeness (QED) is 0.648. The molecular weight excluding hydrogens is 168 g/mol. The molecule has 0 aliphatic heterocycles. The van der Waals surface area contributed by atoms with Crippen LogP contribution in [0.2, 0.25) is 0 Å². The molecule has 1 aromatic heterocycles. The van der Waals surface area contributed by atoms with E-state index in [4.69, 9.17) is 4.74 Å². The van der Waals surface area contributed by atoms with E-state index in [2.05, 4.69) is 9.97 Å². The van der Waals surface area contributed by atoms with Crippen molar-refractivity contribution in [3.05, 3.63) is 23.8 Å². The minimum atomic E-state index is -0.249. The maximum atomic E-state index is 11.0. The molecule has 70 valence electrons. The molecule has 0 amide bonds. The van der Waals surface area contributed by atoms with Crippen LogP contribution in [0.25, 0.3) is 0 Å². The first kappa shape index (κ1) is 9.64. The Hall–Kier alpha value is -1.45. The van der Waals surface area contributed by atoms with Gasteiger partial charge in [0.25, 0.3) is 0 Å². The highest BCUT2D eigenvalue weighted by molar-refractivity contribution is 5.71. The van der Waals surface area contributed by atoms with Gasteiger partial charge in [0.05, 0.1) is 18.7 Å².